The maximum absolute atomic E-state index is 12.7. The molecule has 0 saturated heterocycles. The number of rotatable bonds is 2. The zero-order valence-corrected chi connectivity index (χ0v) is 10.8. The van der Waals surface area contributed by atoms with Crippen LogP contribution in [0.15, 0.2) is 24.4 Å². The lowest BCUT2D eigenvalue weighted by atomic mass is 10.1. The summed E-state index contributed by atoms with van der Waals surface area (Å²) in [5.41, 5.74) is 3.34. The largest absolute Gasteiger partial charge is 0.416 e. The van der Waals surface area contributed by atoms with Crippen molar-refractivity contribution in [2.75, 3.05) is 5.73 Å². The van der Waals surface area contributed by atoms with E-state index in [1.807, 2.05) is 0 Å². The van der Waals surface area contributed by atoms with Crippen LogP contribution < -0.4 is 5.73 Å². The SMILES string of the molecule is Nc1nc(Cl)cc([N+](=O)[O-])c1-c1cc(C(F)(F)F)ccn1. The van der Waals surface area contributed by atoms with Gasteiger partial charge in [-0.25, -0.2) is 4.98 Å². The Labute approximate surface area is 120 Å². The van der Waals surface area contributed by atoms with E-state index in [4.69, 9.17) is 17.3 Å². The van der Waals surface area contributed by atoms with Gasteiger partial charge in [-0.3, -0.25) is 15.1 Å². The van der Waals surface area contributed by atoms with E-state index in [2.05, 4.69) is 9.97 Å². The number of aromatic nitrogens is 2. The van der Waals surface area contributed by atoms with E-state index in [0.29, 0.717) is 6.07 Å². The summed E-state index contributed by atoms with van der Waals surface area (Å²) in [4.78, 5) is 17.5. The standard InChI is InChI=1S/C11H6ClF3N4O2/c12-8-4-7(19(20)21)9(10(16)18-8)6-3-5(1-2-17-6)11(13,14)15/h1-4H,(H2,16,18). The second-order valence-corrected chi connectivity index (χ2v) is 4.30. The average Bonchev–Trinajstić information content (AvgIpc) is 2.36. The summed E-state index contributed by atoms with van der Waals surface area (Å²) < 4.78 is 38.0. The van der Waals surface area contributed by atoms with Crippen molar-refractivity contribution in [3.05, 3.63) is 45.2 Å². The molecule has 2 aromatic heterocycles. The van der Waals surface area contributed by atoms with E-state index in [0.717, 1.165) is 18.3 Å². The lowest BCUT2D eigenvalue weighted by Gasteiger charge is -2.09. The summed E-state index contributed by atoms with van der Waals surface area (Å²) >= 11 is 5.56. The molecule has 110 valence electrons. The Balaban J connectivity index is 2.70. The van der Waals surface area contributed by atoms with Gasteiger partial charge in [0.05, 0.1) is 22.2 Å². The van der Waals surface area contributed by atoms with Crippen molar-refractivity contribution in [1.29, 1.82) is 0 Å². The molecule has 10 heteroatoms. The summed E-state index contributed by atoms with van der Waals surface area (Å²) in [5, 5.41) is 10.8. The van der Waals surface area contributed by atoms with Gasteiger partial charge in [-0.2, -0.15) is 13.2 Å². The van der Waals surface area contributed by atoms with Crippen molar-refractivity contribution in [2.24, 2.45) is 0 Å². The molecule has 0 aliphatic rings. The lowest BCUT2D eigenvalue weighted by molar-refractivity contribution is -0.384. The fourth-order valence-corrected chi connectivity index (χ4v) is 1.86. The number of pyridine rings is 2. The first-order valence-corrected chi connectivity index (χ1v) is 5.72. The maximum atomic E-state index is 12.7. The molecule has 2 N–H and O–H groups in total. The molecule has 0 aromatic carbocycles. The summed E-state index contributed by atoms with van der Waals surface area (Å²) in [7, 11) is 0. The van der Waals surface area contributed by atoms with Crippen LogP contribution in [0, 0.1) is 10.1 Å². The van der Waals surface area contributed by atoms with Gasteiger partial charge in [0.2, 0.25) is 0 Å². The van der Waals surface area contributed by atoms with Crippen LogP contribution in [0.1, 0.15) is 5.56 Å². The first kappa shape index (κ1) is 15.0. The molecule has 0 fully saturated rings. The van der Waals surface area contributed by atoms with Gasteiger partial charge in [-0.1, -0.05) is 11.6 Å². The van der Waals surface area contributed by atoms with Crippen LogP contribution >= 0.6 is 11.6 Å². The van der Waals surface area contributed by atoms with Crippen molar-refractivity contribution in [3.63, 3.8) is 0 Å². The molecule has 6 nitrogen and oxygen atoms in total. The smallest absolute Gasteiger partial charge is 0.383 e. The van der Waals surface area contributed by atoms with Gasteiger partial charge in [-0.15, -0.1) is 0 Å². The van der Waals surface area contributed by atoms with Crippen molar-refractivity contribution < 1.29 is 18.1 Å². The Hall–Kier alpha value is -2.42. The Morgan fingerprint density at radius 1 is 1.33 bits per heavy atom. The molecule has 0 aliphatic carbocycles. The Kier molecular flexibility index (Phi) is 3.69. The van der Waals surface area contributed by atoms with Crippen molar-refractivity contribution in [2.45, 2.75) is 6.18 Å². The van der Waals surface area contributed by atoms with Crippen LogP contribution in [0.4, 0.5) is 24.7 Å². The monoisotopic (exact) mass is 318 g/mol. The fourth-order valence-electron chi connectivity index (χ4n) is 1.67. The first-order valence-electron chi connectivity index (χ1n) is 5.34. The summed E-state index contributed by atoms with van der Waals surface area (Å²) in [6.45, 7) is 0. The van der Waals surface area contributed by atoms with Gasteiger partial charge in [0.1, 0.15) is 16.5 Å². The van der Waals surface area contributed by atoms with Gasteiger partial charge in [0, 0.05) is 6.20 Å². The zero-order chi connectivity index (χ0) is 15.8. The normalized spacial score (nSPS) is 11.4. The highest BCUT2D eigenvalue weighted by molar-refractivity contribution is 6.30. The second-order valence-electron chi connectivity index (χ2n) is 3.91. The molecule has 0 amide bonds. The Bertz CT molecular complexity index is 721. The molecule has 2 aromatic rings. The minimum Gasteiger partial charge on any atom is -0.383 e. The second kappa shape index (κ2) is 5.17. The van der Waals surface area contributed by atoms with Gasteiger partial charge >= 0.3 is 6.18 Å². The number of nitrogen functional groups attached to an aromatic ring is 1. The predicted octanol–water partition coefficient (Wildman–Crippen LogP) is 3.31. The molecule has 2 rings (SSSR count). The van der Waals surface area contributed by atoms with E-state index in [1.165, 1.54) is 0 Å². The summed E-state index contributed by atoms with van der Waals surface area (Å²) in [6, 6.07) is 2.30. The van der Waals surface area contributed by atoms with Crippen molar-refractivity contribution in [1.82, 2.24) is 9.97 Å². The highest BCUT2D eigenvalue weighted by Crippen LogP contribution is 2.37. The molecule has 21 heavy (non-hydrogen) atoms. The Morgan fingerprint density at radius 3 is 2.57 bits per heavy atom. The van der Waals surface area contributed by atoms with E-state index in [-0.39, 0.29) is 22.2 Å². The molecule has 0 spiro atoms. The molecule has 2 heterocycles. The molecular formula is C11H6ClF3N4O2. The van der Waals surface area contributed by atoms with E-state index >= 15 is 0 Å². The highest BCUT2D eigenvalue weighted by Gasteiger charge is 2.32. The average molecular weight is 319 g/mol. The number of halogens is 4. The summed E-state index contributed by atoms with van der Waals surface area (Å²) in [6.07, 6.45) is -3.73. The van der Waals surface area contributed by atoms with Crippen LogP contribution in [0.5, 0.6) is 0 Å². The third-order valence-corrected chi connectivity index (χ3v) is 2.73. The number of alkyl halides is 3. The molecule has 0 unspecified atom stereocenters. The molecule has 0 aliphatic heterocycles. The third kappa shape index (κ3) is 3.02. The topological polar surface area (TPSA) is 94.9 Å². The van der Waals surface area contributed by atoms with Crippen LogP contribution in [0.25, 0.3) is 11.3 Å². The predicted molar refractivity (Wildman–Crippen MR) is 68.5 cm³/mol. The minimum atomic E-state index is -4.61. The molecular weight excluding hydrogens is 313 g/mol. The molecule has 0 bridgehead atoms. The van der Waals surface area contributed by atoms with Gasteiger partial charge in [-0.05, 0) is 12.1 Å². The minimum absolute atomic E-state index is 0.241. The number of hydrogen-bond donors (Lipinski definition) is 1. The third-order valence-electron chi connectivity index (χ3n) is 2.54. The zero-order valence-electron chi connectivity index (χ0n) is 10.1. The van der Waals surface area contributed by atoms with Gasteiger partial charge < -0.3 is 5.73 Å². The van der Waals surface area contributed by atoms with Crippen molar-refractivity contribution in [3.8, 4) is 11.3 Å². The van der Waals surface area contributed by atoms with Crippen LogP contribution in [0.3, 0.4) is 0 Å². The van der Waals surface area contributed by atoms with Gasteiger partial charge in [0.25, 0.3) is 5.69 Å². The van der Waals surface area contributed by atoms with Crippen LogP contribution in [-0.2, 0) is 6.18 Å². The lowest BCUT2D eigenvalue weighted by Crippen LogP contribution is -2.07. The number of nitrogens with zero attached hydrogens (tertiary/aromatic N) is 3. The van der Waals surface area contributed by atoms with E-state index in [9.17, 15) is 23.3 Å². The molecule has 0 radical (unpaired) electrons. The number of nitrogens with two attached hydrogens (primary N) is 1. The number of anilines is 1. The van der Waals surface area contributed by atoms with E-state index in [1.54, 1.807) is 0 Å². The first-order chi connectivity index (χ1) is 9.70. The number of nitro groups is 1. The molecule has 0 saturated carbocycles. The van der Waals surface area contributed by atoms with Crippen LogP contribution in [-0.4, -0.2) is 14.9 Å². The summed E-state index contributed by atoms with van der Waals surface area (Å²) in [5.74, 6) is -0.374. The van der Waals surface area contributed by atoms with Crippen molar-refractivity contribution >= 4 is 23.1 Å². The maximum Gasteiger partial charge on any atom is 0.416 e. The highest BCUT2D eigenvalue weighted by atomic mass is 35.5. The fraction of sp³-hybridized carbons (Fsp3) is 0.0909. The van der Waals surface area contributed by atoms with E-state index < -0.39 is 22.4 Å². The molecule has 0 atom stereocenters. The quantitative estimate of drug-likeness (QED) is 0.520. The van der Waals surface area contributed by atoms with Gasteiger partial charge in [0.15, 0.2) is 0 Å². The number of hydrogen-bond acceptors (Lipinski definition) is 5. The Morgan fingerprint density at radius 2 is 2.00 bits per heavy atom. The van der Waals surface area contributed by atoms with Crippen LogP contribution in [0.2, 0.25) is 5.15 Å².